The van der Waals surface area contributed by atoms with Crippen molar-refractivity contribution in [1.29, 1.82) is 0 Å². The molecule has 3 aromatic rings. The van der Waals surface area contributed by atoms with Crippen LogP contribution in [0.4, 0.5) is 5.69 Å². The molecule has 0 aliphatic rings. The highest BCUT2D eigenvalue weighted by molar-refractivity contribution is 7.89. The van der Waals surface area contributed by atoms with Gasteiger partial charge < -0.3 is 4.74 Å². The average Bonchev–Trinajstić information content (AvgIpc) is 3.21. The fourth-order valence-corrected chi connectivity index (χ4v) is 3.34. The quantitative estimate of drug-likeness (QED) is 0.480. The maximum atomic E-state index is 12.4. The lowest BCUT2D eigenvalue weighted by atomic mass is 10.3. The Labute approximate surface area is 154 Å². The van der Waals surface area contributed by atoms with Crippen LogP contribution in [0.2, 0.25) is 0 Å². The number of pyridine rings is 1. The molecule has 0 radical (unpaired) electrons. The number of benzene rings is 1. The van der Waals surface area contributed by atoms with Gasteiger partial charge in [0.1, 0.15) is 0 Å². The summed E-state index contributed by atoms with van der Waals surface area (Å²) in [6.07, 6.45) is 4.88. The molecular weight excluding hydrogens is 374 g/mol. The van der Waals surface area contributed by atoms with Gasteiger partial charge in [0.15, 0.2) is 11.6 Å². The second kappa shape index (κ2) is 7.51. The highest BCUT2D eigenvalue weighted by atomic mass is 32.2. The first-order valence-electron chi connectivity index (χ1n) is 7.68. The summed E-state index contributed by atoms with van der Waals surface area (Å²) in [5, 5.41) is 15.1. The van der Waals surface area contributed by atoms with Gasteiger partial charge in [-0.3, -0.25) is 10.1 Å². The van der Waals surface area contributed by atoms with E-state index in [0.717, 1.165) is 6.07 Å². The zero-order valence-electron chi connectivity index (χ0n) is 14.1. The summed E-state index contributed by atoms with van der Waals surface area (Å²) in [5.74, 6) is 0.578. The summed E-state index contributed by atoms with van der Waals surface area (Å²) in [4.78, 5) is 14.4. The number of hydrogen-bond acceptors (Lipinski definition) is 7. The van der Waals surface area contributed by atoms with Crippen LogP contribution in [0.15, 0.2) is 59.9 Å². The molecule has 0 unspecified atom stereocenters. The smallest absolute Gasteiger partial charge is 0.312 e. The van der Waals surface area contributed by atoms with Crippen LogP contribution in [0, 0.1) is 10.1 Å². The Balaban J connectivity index is 1.75. The fraction of sp³-hybridized carbons (Fsp3) is 0.125. The van der Waals surface area contributed by atoms with Crippen molar-refractivity contribution in [3.05, 3.63) is 70.7 Å². The third-order valence-corrected chi connectivity index (χ3v) is 5.07. The standard InChI is InChI=1S/C16H15N5O5S/c1-26-15-5-4-13(9-14(15)21(22)23)27(24,25)19-11-12-3-6-16(17-10-12)20-8-2-7-18-20/h2-10,19H,11H2,1H3. The van der Waals surface area contributed by atoms with Crippen LogP contribution in [0.5, 0.6) is 5.75 Å². The predicted molar refractivity (Wildman–Crippen MR) is 95.0 cm³/mol. The number of nitro groups is 1. The van der Waals surface area contributed by atoms with Crippen LogP contribution in [0.3, 0.4) is 0 Å². The number of ether oxygens (including phenoxy) is 1. The molecule has 0 atom stereocenters. The number of hydrogen-bond donors (Lipinski definition) is 1. The normalized spacial score (nSPS) is 11.3. The van der Waals surface area contributed by atoms with Gasteiger partial charge in [-0.05, 0) is 29.8 Å². The molecule has 1 N–H and O–H groups in total. The second-order valence-corrected chi connectivity index (χ2v) is 7.16. The van der Waals surface area contributed by atoms with E-state index in [-0.39, 0.29) is 17.2 Å². The van der Waals surface area contributed by atoms with Crippen molar-refractivity contribution in [3.63, 3.8) is 0 Å². The number of nitrogens with one attached hydrogen (secondary N) is 1. The molecule has 27 heavy (non-hydrogen) atoms. The summed E-state index contributed by atoms with van der Waals surface area (Å²) >= 11 is 0. The first-order chi connectivity index (χ1) is 12.9. The first-order valence-corrected chi connectivity index (χ1v) is 9.16. The minimum Gasteiger partial charge on any atom is -0.490 e. The number of sulfonamides is 1. The summed E-state index contributed by atoms with van der Waals surface area (Å²) in [5.41, 5.74) is 0.197. The van der Waals surface area contributed by atoms with Gasteiger partial charge in [0.2, 0.25) is 10.0 Å². The molecule has 0 aliphatic carbocycles. The van der Waals surface area contributed by atoms with Gasteiger partial charge in [-0.1, -0.05) is 6.07 Å². The molecule has 0 fully saturated rings. The summed E-state index contributed by atoms with van der Waals surface area (Å²) in [7, 11) is -2.68. The van der Waals surface area contributed by atoms with Crippen molar-refractivity contribution in [2.75, 3.05) is 7.11 Å². The Morgan fingerprint density at radius 3 is 2.70 bits per heavy atom. The van der Waals surface area contributed by atoms with E-state index in [1.54, 1.807) is 35.3 Å². The highest BCUT2D eigenvalue weighted by Crippen LogP contribution is 2.29. The van der Waals surface area contributed by atoms with Crippen LogP contribution >= 0.6 is 0 Å². The zero-order valence-corrected chi connectivity index (χ0v) is 15.0. The van der Waals surface area contributed by atoms with Crippen molar-refractivity contribution in [1.82, 2.24) is 19.5 Å². The van der Waals surface area contributed by atoms with Crippen LogP contribution in [-0.2, 0) is 16.6 Å². The third kappa shape index (κ3) is 4.10. The Hall–Kier alpha value is -3.31. The number of methoxy groups -OCH3 is 1. The molecular formula is C16H15N5O5S. The van der Waals surface area contributed by atoms with E-state index in [2.05, 4.69) is 14.8 Å². The Morgan fingerprint density at radius 2 is 2.11 bits per heavy atom. The van der Waals surface area contributed by atoms with Crippen molar-refractivity contribution in [3.8, 4) is 11.6 Å². The third-order valence-electron chi connectivity index (χ3n) is 3.67. The molecule has 11 heteroatoms. The van der Waals surface area contributed by atoms with Crippen molar-refractivity contribution in [2.24, 2.45) is 0 Å². The monoisotopic (exact) mass is 389 g/mol. The van der Waals surface area contributed by atoms with Gasteiger partial charge in [0.25, 0.3) is 0 Å². The molecule has 0 bridgehead atoms. The van der Waals surface area contributed by atoms with Crippen molar-refractivity contribution < 1.29 is 18.1 Å². The predicted octanol–water partition coefficient (Wildman–Crippen LogP) is 1.66. The van der Waals surface area contributed by atoms with E-state index in [4.69, 9.17) is 4.74 Å². The van der Waals surface area contributed by atoms with Gasteiger partial charge >= 0.3 is 5.69 Å². The van der Waals surface area contributed by atoms with Crippen LogP contribution < -0.4 is 9.46 Å². The van der Waals surface area contributed by atoms with Crippen molar-refractivity contribution >= 4 is 15.7 Å². The largest absolute Gasteiger partial charge is 0.490 e. The first kappa shape index (κ1) is 18.5. The van der Waals surface area contributed by atoms with Gasteiger partial charge in [-0.2, -0.15) is 5.10 Å². The maximum absolute atomic E-state index is 12.4. The zero-order chi connectivity index (χ0) is 19.4. The average molecular weight is 389 g/mol. The molecule has 0 amide bonds. The molecule has 140 valence electrons. The van der Waals surface area contributed by atoms with E-state index in [1.807, 2.05) is 0 Å². The SMILES string of the molecule is COc1ccc(S(=O)(=O)NCc2ccc(-n3cccn3)nc2)cc1[N+](=O)[O-]. The molecule has 10 nitrogen and oxygen atoms in total. The maximum Gasteiger partial charge on any atom is 0.312 e. The van der Waals surface area contributed by atoms with Crippen LogP contribution in [0.25, 0.3) is 5.82 Å². The Morgan fingerprint density at radius 1 is 1.30 bits per heavy atom. The highest BCUT2D eigenvalue weighted by Gasteiger charge is 2.21. The molecule has 3 rings (SSSR count). The van der Waals surface area contributed by atoms with E-state index in [0.29, 0.717) is 11.4 Å². The van der Waals surface area contributed by atoms with E-state index >= 15 is 0 Å². The Kier molecular flexibility index (Phi) is 5.14. The second-order valence-electron chi connectivity index (χ2n) is 5.39. The fourth-order valence-electron chi connectivity index (χ4n) is 2.30. The summed E-state index contributed by atoms with van der Waals surface area (Å²) < 4.78 is 33.7. The summed E-state index contributed by atoms with van der Waals surface area (Å²) in [6.45, 7) is -0.0193. The van der Waals surface area contributed by atoms with E-state index < -0.39 is 20.6 Å². The minimum atomic E-state index is -3.95. The van der Waals surface area contributed by atoms with Gasteiger partial charge in [0, 0.05) is 31.2 Å². The molecule has 2 aromatic heterocycles. The van der Waals surface area contributed by atoms with Gasteiger partial charge in [-0.15, -0.1) is 0 Å². The van der Waals surface area contributed by atoms with Crippen LogP contribution in [-0.4, -0.2) is 35.2 Å². The topological polar surface area (TPSA) is 129 Å². The molecule has 0 aliphatic heterocycles. The molecule has 1 aromatic carbocycles. The summed E-state index contributed by atoms with van der Waals surface area (Å²) in [6, 6.07) is 8.62. The lowest BCUT2D eigenvalue weighted by Gasteiger charge is -2.08. The molecule has 0 spiro atoms. The minimum absolute atomic E-state index is 0.0163. The lowest BCUT2D eigenvalue weighted by Crippen LogP contribution is -2.23. The van der Waals surface area contributed by atoms with Gasteiger partial charge in [0.05, 0.1) is 16.9 Å². The van der Waals surface area contributed by atoms with Gasteiger partial charge in [-0.25, -0.2) is 22.8 Å². The lowest BCUT2D eigenvalue weighted by molar-refractivity contribution is -0.386. The Bertz CT molecular complexity index is 1050. The van der Waals surface area contributed by atoms with E-state index in [1.165, 1.54) is 25.4 Å². The number of aromatic nitrogens is 3. The molecule has 0 saturated heterocycles. The van der Waals surface area contributed by atoms with Crippen LogP contribution in [0.1, 0.15) is 5.56 Å². The number of rotatable bonds is 7. The number of nitro benzene ring substituents is 1. The molecule has 2 heterocycles. The van der Waals surface area contributed by atoms with Crippen molar-refractivity contribution in [2.45, 2.75) is 11.4 Å². The number of nitrogens with zero attached hydrogens (tertiary/aromatic N) is 4. The van der Waals surface area contributed by atoms with E-state index in [9.17, 15) is 18.5 Å². The molecule has 0 saturated carbocycles.